The highest BCUT2D eigenvalue weighted by atomic mass is 19.4. The number of hydrogen-bond donors (Lipinski definition) is 2. The lowest BCUT2D eigenvalue weighted by Gasteiger charge is -2.20. The summed E-state index contributed by atoms with van der Waals surface area (Å²) in [6, 6.07) is -0.516. The first-order valence-electron chi connectivity index (χ1n) is 4.74. The fraction of sp³-hybridized carbons (Fsp3) is 0.300. The summed E-state index contributed by atoms with van der Waals surface area (Å²) in [5.41, 5.74) is -6.54. The molecule has 1 atom stereocenters. The van der Waals surface area contributed by atoms with Gasteiger partial charge in [0.1, 0.15) is 5.82 Å². The van der Waals surface area contributed by atoms with Crippen LogP contribution in [0.3, 0.4) is 0 Å². The summed E-state index contributed by atoms with van der Waals surface area (Å²) in [6.45, 7) is 0. The van der Waals surface area contributed by atoms with E-state index in [4.69, 9.17) is 10.2 Å². The highest BCUT2D eigenvalue weighted by Crippen LogP contribution is 2.44. The summed E-state index contributed by atoms with van der Waals surface area (Å²) in [5, 5.41) is 17.4. The van der Waals surface area contributed by atoms with Crippen molar-refractivity contribution in [2.45, 2.75) is 18.5 Å². The van der Waals surface area contributed by atoms with Gasteiger partial charge in [0.05, 0.1) is 11.1 Å². The molecule has 0 amide bonds. The number of carboxylic acids is 1. The molecule has 1 aromatic rings. The van der Waals surface area contributed by atoms with Crippen LogP contribution in [-0.4, -0.2) is 16.2 Å². The van der Waals surface area contributed by atoms with Crippen LogP contribution in [0.4, 0.5) is 30.7 Å². The molecule has 1 unspecified atom stereocenters. The van der Waals surface area contributed by atoms with Gasteiger partial charge in [-0.25, -0.2) is 9.18 Å². The topological polar surface area (TPSA) is 57.5 Å². The Hall–Kier alpha value is -1.84. The average Bonchev–Trinajstić information content (AvgIpc) is 2.23. The fourth-order valence-corrected chi connectivity index (χ4v) is 1.52. The Morgan fingerprint density at radius 2 is 1.55 bits per heavy atom. The quantitative estimate of drug-likeness (QED) is 0.826. The second kappa shape index (κ2) is 4.93. The molecule has 10 heteroatoms. The van der Waals surface area contributed by atoms with Gasteiger partial charge in [-0.05, 0) is 12.1 Å². The number of hydrogen-bond acceptors (Lipinski definition) is 2. The van der Waals surface area contributed by atoms with E-state index in [0.29, 0.717) is 0 Å². The van der Waals surface area contributed by atoms with E-state index in [9.17, 15) is 35.5 Å². The van der Waals surface area contributed by atoms with E-state index in [1.54, 1.807) is 0 Å². The van der Waals surface area contributed by atoms with Crippen molar-refractivity contribution < 1.29 is 45.7 Å². The molecule has 2 N–H and O–H groups in total. The molecular weight excluding hydrogens is 301 g/mol. The number of alkyl halides is 6. The van der Waals surface area contributed by atoms with E-state index in [2.05, 4.69) is 0 Å². The molecule has 0 bridgehead atoms. The van der Waals surface area contributed by atoms with Crippen LogP contribution in [0.1, 0.15) is 22.8 Å². The summed E-state index contributed by atoms with van der Waals surface area (Å²) >= 11 is 0. The number of aliphatic hydroxyl groups is 1. The first kappa shape index (κ1) is 16.2. The van der Waals surface area contributed by atoms with Crippen molar-refractivity contribution in [2.24, 2.45) is 0 Å². The highest BCUT2D eigenvalue weighted by molar-refractivity contribution is 5.75. The first-order chi connectivity index (χ1) is 8.85. The van der Waals surface area contributed by atoms with Crippen molar-refractivity contribution in [3.8, 4) is 0 Å². The first-order valence-corrected chi connectivity index (χ1v) is 4.74. The van der Waals surface area contributed by atoms with Crippen molar-refractivity contribution in [3.05, 3.63) is 34.6 Å². The van der Waals surface area contributed by atoms with Gasteiger partial charge in [0, 0.05) is 5.56 Å². The second-order valence-corrected chi connectivity index (χ2v) is 3.65. The highest BCUT2D eigenvalue weighted by Gasteiger charge is 2.46. The Bertz CT molecular complexity index is 533. The molecule has 1 aromatic carbocycles. The van der Waals surface area contributed by atoms with Gasteiger partial charge in [-0.15, -0.1) is 0 Å². The third kappa shape index (κ3) is 3.18. The van der Waals surface area contributed by atoms with E-state index >= 15 is 0 Å². The molecule has 0 saturated heterocycles. The third-order valence-corrected chi connectivity index (χ3v) is 2.25. The minimum Gasteiger partial charge on any atom is -0.479 e. The van der Waals surface area contributed by atoms with Gasteiger partial charge in [0.2, 0.25) is 0 Å². The van der Waals surface area contributed by atoms with Crippen LogP contribution >= 0.6 is 0 Å². The minimum absolute atomic E-state index is 0.100. The summed E-state index contributed by atoms with van der Waals surface area (Å²) in [7, 11) is 0. The number of aliphatic carboxylic acids is 1. The van der Waals surface area contributed by atoms with Gasteiger partial charge in [-0.1, -0.05) is 0 Å². The molecule has 0 fully saturated rings. The van der Waals surface area contributed by atoms with Crippen LogP contribution in [0, 0.1) is 5.82 Å². The largest absolute Gasteiger partial charge is 0.479 e. The van der Waals surface area contributed by atoms with Crippen molar-refractivity contribution in [1.82, 2.24) is 0 Å². The van der Waals surface area contributed by atoms with E-state index in [0.717, 1.165) is 0 Å². The summed E-state index contributed by atoms with van der Waals surface area (Å²) in [6.07, 6.45) is -14.1. The zero-order valence-corrected chi connectivity index (χ0v) is 9.18. The SMILES string of the molecule is O=C(O)C(O)c1cc(F)cc(C(F)(F)F)c1C(F)(F)F. The number of benzene rings is 1. The predicted molar refractivity (Wildman–Crippen MR) is 49.0 cm³/mol. The molecule has 0 radical (unpaired) electrons. The van der Waals surface area contributed by atoms with E-state index < -0.39 is 53.0 Å². The van der Waals surface area contributed by atoms with Crippen molar-refractivity contribution >= 4 is 5.97 Å². The molecule has 0 aromatic heterocycles. The maximum absolute atomic E-state index is 13.0. The predicted octanol–water partition coefficient (Wildman–Crippen LogP) is 2.98. The van der Waals surface area contributed by atoms with Crippen LogP contribution < -0.4 is 0 Å². The standard InChI is InChI=1S/C10H5F7O3/c11-3-1-4(7(18)8(19)20)6(10(15,16)17)5(2-3)9(12,13)14/h1-2,7,18H,(H,19,20). The van der Waals surface area contributed by atoms with Crippen LogP contribution in [0.5, 0.6) is 0 Å². The van der Waals surface area contributed by atoms with Crippen LogP contribution in [-0.2, 0) is 17.1 Å². The average molecular weight is 306 g/mol. The molecule has 0 heterocycles. The third-order valence-electron chi connectivity index (χ3n) is 2.25. The van der Waals surface area contributed by atoms with Crippen LogP contribution in [0.15, 0.2) is 12.1 Å². The van der Waals surface area contributed by atoms with Crippen LogP contribution in [0.25, 0.3) is 0 Å². The molecule has 112 valence electrons. The summed E-state index contributed by atoms with van der Waals surface area (Å²) in [4.78, 5) is 10.4. The normalized spacial score (nSPS) is 14.2. The van der Waals surface area contributed by atoms with Crippen molar-refractivity contribution in [1.29, 1.82) is 0 Å². The Labute approximate surface area is 106 Å². The smallest absolute Gasteiger partial charge is 0.417 e. The Kier molecular flexibility index (Phi) is 3.99. The number of halogens is 7. The summed E-state index contributed by atoms with van der Waals surface area (Å²) < 4.78 is 88.5. The number of rotatable bonds is 2. The molecule has 0 aliphatic carbocycles. The Morgan fingerprint density at radius 3 is 1.90 bits per heavy atom. The lowest BCUT2D eigenvalue weighted by molar-refractivity contribution is -0.164. The number of carboxylic acid groups (broad SMARTS) is 1. The van der Waals surface area contributed by atoms with Crippen molar-refractivity contribution in [2.75, 3.05) is 0 Å². The van der Waals surface area contributed by atoms with E-state index in [1.807, 2.05) is 0 Å². The summed E-state index contributed by atoms with van der Waals surface area (Å²) in [5.74, 6) is -3.99. The number of carbonyl (C=O) groups is 1. The number of aliphatic hydroxyl groups excluding tert-OH is 1. The van der Waals surface area contributed by atoms with Gasteiger partial charge < -0.3 is 10.2 Å². The van der Waals surface area contributed by atoms with E-state index in [1.165, 1.54) is 0 Å². The maximum Gasteiger partial charge on any atom is 0.417 e. The monoisotopic (exact) mass is 306 g/mol. The van der Waals surface area contributed by atoms with Gasteiger partial charge in [-0.2, -0.15) is 26.3 Å². The van der Waals surface area contributed by atoms with Gasteiger partial charge in [0.25, 0.3) is 0 Å². The zero-order valence-electron chi connectivity index (χ0n) is 9.18. The molecule has 0 aliphatic heterocycles. The van der Waals surface area contributed by atoms with Gasteiger partial charge in [-0.3, -0.25) is 0 Å². The van der Waals surface area contributed by atoms with Crippen molar-refractivity contribution in [3.63, 3.8) is 0 Å². The molecule has 3 nitrogen and oxygen atoms in total. The zero-order chi connectivity index (χ0) is 15.9. The fourth-order valence-electron chi connectivity index (χ4n) is 1.52. The second-order valence-electron chi connectivity index (χ2n) is 3.65. The molecule has 1 rings (SSSR count). The van der Waals surface area contributed by atoms with E-state index in [-0.39, 0.29) is 6.07 Å². The molecule has 20 heavy (non-hydrogen) atoms. The Balaban J connectivity index is 3.75. The van der Waals surface area contributed by atoms with Gasteiger partial charge >= 0.3 is 18.3 Å². The molecule has 0 spiro atoms. The Morgan fingerprint density at radius 1 is 1.05 bits per heavy atom. The molecule has 0 saturated carbocycles. The van der Waals surface area contributed by atoms with Gasteiger partial charge in [0.15, 0.2) is 6.10 Å². The van der Waals surface area contributed by atoms with Crippen LogP contribution in [0.2, 0.25) is 0 Å². The minimum atomic E-state index is -5.62. The lowest BCUT2D eigenvalue weighted by atomic mass is 9.95. The molecule has 0 aliphatic rings. The maximum atomic E-state index is 13.0. The lowest BCUT2D eigenvalue weighted by Crippen LogP contribution is -2.23. The molecular formula is C10H5F7O3.